The molecule has 0 fully saturated rings. The van der Waals surface area contributed by atoms with Crippen molar-refractivity contribution in [2.24, 2.45) is 5.92 Å². The molecule has 0 aliphatic carbocycles. The molecule has 0 bridgehead atoms. The predicted molar refractivity (Wildman–Crippen MR) is 114 cm³/mol. The maximum Gasteiger partial charge on any atom is 0.339 e. The van der Waals surface area contributed by atoms with Crippen LogP contribution in [0.15, 0.2) is 42.5 Å². The first-order valence-electron chi connectivity index (χ1n) is 9.89. The second-order valence-corrected chi connectivity index (χ2v) is 7.06. The van der Waals surface area contributed by atoms with Crippen molar-refractivity contribution in [3.63, 3.8) is 0 Å². The third-order valence-electron chi connectivity index (χ3n) is 4.06. The number of rotatable bonds is 10. The summed E-state index contributed by atoms with van der Waals surface area (Å²) < 4.78 is 21.7. The summed E-state index contributed by atoms with van der Waals surface area (Å²) in [5, 5.41) is 2.70. The average molecular weight is 415 g/mol. The summed E-state index contributed by atoms with van der Waals surface area (Å²) in [6.45, 7) is 8.42. The maximum absolute atomic E-state index is 12.5. The van der Waals surface area contributed by atoms with Crippen LogP contribution in [0.5, 0.6) is 17.2 Å². The summed E-state index contributed by atoms with van der Waals surface area (Å²) in [6.07, 6.45) is -0.980. The molecule has 0 aliphatic heterocycles. The van der Waals surface area contributed by atoms with E-state index >= 15 is 0 Å². The van der Waals surface area contributed by atoms with Gasteiger partial charge in [-0.05, 0) is 62.2 Å². The standard InChI is InChI=1S/C23H29NO6/c1-6-28-21-13-17(7-12-20(21)29-14-15(2)3)23(26)30-16(4)22(25)24-18-8-10-19(27-5)11-9-18/h7-13,15-16H,6,14H2,1-5H3,(H,24,25)/t16-/m0/s1. The highest BCUT2D eigenvalue weighted by molar-refractivity contribution is 5.97. The Bertz CT molecular complexity index is 847. The summed E-state index contributed by atoms with van der Waals surface area (Å²) in [6, 6.07) is 11.7. The second-order valence-electron chi connectivity index (χ2n) is 7.06. The Morgan fingerprint density at radius 3 is 2.27 bits per heavy atom. The van der Waals surface area contributed by atoms with Gasteiger partial charge in [0.2, 0.25) is 0 Å². The van der Waals surface area contributed by atoms with Crippen LogP contribution in [0, 0.1) is 5.92 Å². The van der Waals surface area contributed by atoms with Crippen molar-refractivity contribution in [2.75, 3.05) is 25.6 Å². The van der Waals surface area contributed by atoms with Crippen LogP contribution in [0.25, 0.3) is 0 Å². The van der Waals surface area contributed by atoms with Crippen LogP contribution in [0.3, 0.4) is 0 Å². The number of hydrogen-bond acceptors (Lipinski definition) is 6. The number of hydrogen-bond donors (Lipinski definition) is 1. The smallest absolute Gasteiger partial charge is 0.339 e. The molecular weight excluding hydrogens is 386 g/mol. The average Bonchev–Trinajstić information content (AvgIpc) is 2.73. The number of nitrogens with one attached hydrogen (secondary N) is 1. The number of anilines is 1. The van der Waals surface area contributed by atoms with Gasteiger partial charge in [0.25, 0.3) is 5.91 Å². The molecule has 1 N–H and O–H groups in total. The van der Waals surface area contributed by atoms with Gasteiger partial charge in [0.1, 0.15) is 5.75 Å². The number of ether oxygens (including phenoxy) is 4. The Labute approximate surface area is 177 Å². The molecule has 1 amide bonds. The molecule has 7 nitrogen and oxygen atoms in total. The lowest BCUT2D eigenvalue weighted by Crippen LogP contribution is -2.30. The number of methoxy groups -OCH3 is 1. The SMILES string of the molecule is CCOc1cc(C(=O)O[C@@H](C)C(=O)Nc2ccc(OC)cc2)ccc1OCC(C)C. The van der Waals surface area contributed by atoms with Crippen molar-refractivity contribution < 1.29 is 28.5 Å². The normalized spacial score (nSPS) is 11.5. The van der Waals surface area contributed by atoms with Gasteiger partial charge in [-0.2, -0.15) is 0 Å². The van der Waals surface area contributed by atoms with Crippen LogP contribution in [0.2, 0.25) is 0 Å². The highest BCUT2D eigenvalue weighted by atomic mass is 16.5. The molecule has 0 saturated carbocycles. The van der Waals surface area contributed by atoms with E-state index in [1.807, 2.05) is 20.8 Å². The van der Waals surface area contributed by atoms with Gasteiger partial charge in [-0.1, -0.05) is 13.8 Å². The summed E-state index contributed by atoms with van der Waals surface area (Å²) >= 11 is 0. The second kappa shape index (κ2) is 11.1. The van der Waals surface area contributed by atoms with E-state index in [4.69, 9.17) is 18.9 Å². The quantitative estimate of drug-likeness (QED) is 0.582. The lowest BCUT2D eigenvalue weighted by atomic mass is 10.2. The summed E-state index contributed by atoms with van der Waals surface area (Å²) in [5.41, 5.74) is 0.855. The van der Waals surface area contributed by atoms with Crippen LogP contribution < -0.4 is 19.5 Å². The van der Waals surface area contributed by atoms with Crippen molar-refractivity contribution in [3.8, 4) is 17.2 Å². The molecule has 0 radical (unpaired) electrons. The van der Waals surface area contributed by atoms with E-state index in [1.54, 1.807) is 49.6 Å². The van der Waals surface area contributed by atoms with Gasteiger partial charge in [0, 0.05) is 5.69 Å². The fourth-order valence-electron chi connectivity index (χ4n) is 2.48. The molecule has 2 rings (SSSR count). The first kappa shape index (κ1) is 23.1. The van der Waals surface area contributed by atoms with E-state index in [0.29, 0.717) is 42.1 Å². The maximum atomic E-state index is 12.5. The lowest BCUT2D eigenvalue weighted by molar-refractivity contribution is -0.123. The van der Waals surface area contributed by atoms with E-state index in [2.05, 4.69) is 5.32 Å². The van der Waals surface area contributed by atoms with Gasteiger partial charge in [0.05, 0.1) is 25.9 Å². The van der Waals surface area contributed by atoms with Crippen LogP contribution in [-0.2, 0) is 9.53 Å². The molecule has 0 aromatic heterocycles. The molecule has 162 valence electrons. The number of amides is 1. The largest absolute Gasteiger partial charge is 0.497 e. The van der Waals surface area contributed by atoms with E-state index in [-0.39, 0.29) is 5.56 Å². The zero-order chi connectivity index (χ0) is 22.1. The Morgan fingerprint density at radius 1 is 0.967 bits per heavy atom. The summed E-state index contributed by atoms with van der Waals surface area (Å²) in [4.78, 5) is 24.9. The van der Waals surface area contributed by atoms with Crippen LogP contribution >= 0.6 is 0 Å². The predicted octanol–water partition coefficient (Wildman–Crippen LogP) is 4.31. The van der Waals surface area contributed by atoms with Gasteiger partial charge >= 0.3 is 5.97 Å². The Hall–Kier alpha value is -3.22. The van der Waals surface area contributed by atoms with Crippen molar-refractivity contribution in [3.05, 3.63) is 48.0 Å². The molecule has 1 atom stereocenters. The van der Waals surface area contributed by atoms with E-state index in [9.17, 15) is 9.59 Å². The molecular formula is C23H29NO6. The van der Waals surface area contributed by atoms with Gasteiger partial charge < -0.3 is 24.3 Å². The minimum atomic E-state index is -0.980. The number of carbonyl (C=O) groups excluding carboxylic acids is 2. The van der Waals surface area contributed by atoms with E-state index < -0.39 is 18.0 Å². The van der Waals surface area contributed by atoms with Gasteiger partial charge in [-0.25, -0.2) is 4.79 Å². The number of benzene rings is 2. The number of carbonyl (C=O) groups is 2. The molecule has 2 aromatic carbocycles. The lowest BCUT2D eigenvalue weighted by Gasteiger charge is -2.16. The van der Waals surface area contributed by atoms with Gasteiger partial charge in [-0.3, -0.25) is 4.79 Å². The van der Waals surface area contributed by atoms with Crippen molar-refractivity contribution in [2.45, 2.75) is 33.8 Å². The third kappa shape index (κ3) is 6.69. The fraction of sp³-hybridized carbons (Fsp3) is 0.391. The Kier molecular flexibility index (Phi) is 8.53. The Morgan fingerprint density at radius 2 is 1.67 bits per heavy atom. The van der Waals surface area contributed by atoms with E-state index in [0.717, 1.165) is 0 Å². The minimum absolute atomic E-state index is 0.277. The zero-order valence-electron chi connectivity index (χ0n) is 18.1. The van der Waals surface area contributed by atoms with Gasteiger partial charge in [-0.15, -0.1) is 0 Å². The topological polar surface area (TPSA) is 83.1 Å². The number of esters is 1. The molecule has 7 heteroatoms. The van der Waals surface area contributed by atoms with Crippen LogP contribution in [-0.4, -0.2) is 38.3 Å². The minimum Gasteiger partial charge on any atom is -0.497 e. The molecule has 0 heterocycles. The monoisotopic (exact) mass is 415 g/mol. The highest BCUT2D eigenvalue weighted by Crippen LogP contribution is 2.29. The van der Waals surface area contributed by atoms with Crippen LogP contribution in [0.4, 0.5) is 5.69 Å². The van der Waals surface area contributed by atoms with Crippen molar-refractivity contribution >= 4 is 17.6 Å². The zero-order valence-corrected chi connectivity index (χ0v) is 18.1. The molecule has 0 spiro atoms. The van der Waals surface area contributed by atoms with Crippen molar-refractivity contribution in [1.29, 1.82) is 0 Å². The molecule has 0 saturated heterocycles. The molecule has 2 aromatic rings. The molecule has 0 aliphatic rings. The first-order valence-corrected chi connectivity index (χ1v) is 9.89. The fourth-order valence-corrected chi connectivity index (χ4v) is 2.48. The highest BCUT2D eigenvalue weighted by Gasteiger charge is 2.20. The summed E-state index contributed by atoms with van der Waals surface area (Å²) in [5.74, 6) is 1.00. The molecule has 0 unspecified atom stereocenters. The Balaban J connectivity index is 2.02. The van der Waals surface area contributed by atoms with Gasteiger partial charge in [0.15, 0.2) is 17.6 Å². The third-order valence-corrected chi connectivity index (χ3v) is 4.06. The molecule has 30 heavy (non-hydrogen) atoms. The van der Waals surface area contributed by atoms with Crippen molar-refractivity contribution in [1.82, 2.24) is 0 Å². The van der Waals surface area contributed by atoms with E-state index in [1.165, 1.54) is 6.92 Å². The summed E-state index contributed by atoms with van der Waals surface area (Å²) in [7, 11) is 1.56. The van der Waals surface area contributed by atoms with Crippen LogP contribution in [0.1, 0.15) is 38.1 Å². The first-order chi connectivity index (χ1) is 14.3.